The Morgan fingerprint density at radius 1 is 1.07 bits per heavy atom. The molecule has 3 rings (SSSR count). The smallest absolute Gasteiger partial charge is 0.335 e. The van der Waals surface area contributed by atoms with Crippen LogP contribution in [0, 0.1) is 13.8 Å². The summed E-state index contributed by atoms with van der Waals surface area (Å²) in [4.78, 5) is 34.6. The molecule has 2 aromatic heterocycles. The van der Waals surface area contributed by atoms with Gasteiger partial charge < -0.3 is 19.2 Å². The van der Waals surface area contributed by atoms with Crippen molar-refractivity contribution in [2.24, 2.45) is 5.10 Å². The lowest BCUT2D eigenvalue weighted by atomic mass is 10.1. The third kappa shape index (κ3) is 4.08. The van der Waals surface area contributed by atoms with E-state index in [1.165, 1.54) is 30.7 Å². The largest absolute Gasteiger partial charge is 0.478 e. The van der Waals surface area contributed by atoms with E-state index < -0.39 is 17.8 Å². The number of nitrogens with zero attached hydrogens (tertiary/aromatic N) is 2. The van der Waals surface area contributed by atoms with E-state index in [1.807, 2.05) is 0 Å². The summed E-state index contributed by atoms with van der Waals surface area (Å²) in [7, 11) is 0. The first-order chi connectivity index (χ1) is 13.8. The molecule has 148 valence electrons. The van der Waals surface area contributed by atoms with E-state index in [0.29, 0.717) is 16.9 Å². The Balaban J connectivity index is 1.93. The van der Waals surface area contributed by atoms with Gasteiger partial charge in [-0.1, -0.05) is 0 Å². The molecule has 2 heterocycles. The van der Waals surface area contributed by atoms with Gasteiger partial charge in [-0.05, 0) is 50.2 Å². The molecule has 29 heavy (non-hydrogen) atoms. The molecule has 0 aliphatic carbocycles. The maximum atomic E-state index is 11.8. The van der Waals surface area contributed by atoms with Gasteiger partial charge in [-0.25, -0.2) is 15.0 Å². The van der Waals surface area contributed by atoms with Gasteiger partial charge in [-0.15, -0.1) is 0 Å². The topological polar surface area (TPSA) is 134 Å². The molecule has 9 heteroatoms. The first kappa shape index (κ1) is 19.6. The Morgan fingerprint density at radius 3 is 2.28 bits per heavy atom. The molecule has 3 N–H and O–H groups in total. The number of carboxylic acids is 2. The second-order valence-electron chi connectivity index (χ2n) is 6.22. The van der Waals surface area contributed by atoms with Crippen molar-refractivity contribution in [3.8, 4) is 5.69 Å². The number of carboxylic acid groups (broad SMARTS) is 2. The molecular formula is C20H17N3O6. The summed E-state index contributed by atoms with van der Waals surface area (Å²) in [5.41, 5.74) is 4.58. The van der Waals surface area contributed by atoms with E-state index in [9.17, 15) is 24.6 Å². The number of aromatic nitrogens is 1. The Hall–Kier alpha value is -4.14. The molecule has 0 aliphatic heterocycles. The Morgan fingerprint density at radius 2 is 1.72 bits per heavy atom. The molecule has 0 radical (unpaired) electrons. The normalized spacial score (nSPS) is 11.0. The highest BCUT2D eigenvalue weighted by Gasteiger charge is 2.16. The van der Waals surface area contributed by atoms with Crippen molar-refractivity contribution in [1.29, 1.82) is 0 Å². The number of carbonyl (C=O) groups excluding carboxylic acids is 1. The van der Waals surface area contributed by atoms with E-state index in [0.717, 1.165) is 11.8 Å². The summed E-state index contributed by atoms with van der Waals surface area (Å²) in [6.45, 7) is 3.57. The van der Waals surface area contributed by atoms with Gasteiger partial charge in [0.15, 0.2) is 5.76 Å². The lowest BCUT2D eigenvalue weighted by Crippen LogP contribution is -2.16. The molecule has 1 amide bonds. The van der Waals surface area contributed by atoms with Gasteiger partial charge in [0.1, 0.15) is 0 Å². The van der Waals surface area contributed by atoms with E-state index in [-0.39, 0.29) is 16.9 Å². The number of carbonyl (C=O) groups is 3. The number of hydrazone groups is 1. The zero-order valence-corrected chi connectivity index (χ0v) is 15.5. The van der Waals surface area contributed by atoms with Gasteiger partial charge in [0.2, 0.25) is 0 Å². The summed E-state index contributed by atoms with van der Waals surface area (Å²) in [6, 6.07) is 8.78. The van der Waals surface area contributed by atoms with Crippen LogP contribution >= 0.6 is 0 Å². The first-order valence-electron chi connectivity index (χ1n) is 8.46. The van der Waals surface area contributed by atoms with Crippen molar-refractivity contribution in [1.82, 2.24) is 9.99 Å². The second kappa shape index (κ2) is 7.85. The quantitative estimate of drug-likeness (QED) is 0.434. The first-order valence-corrected chi connectivity index (χ1v) is 8.46. The van der Waals surface area contributed by atoms with Crippen LogP contribution in [-0.4, -0.2) is 38.8 Å². The zero-order valence-electron chi connectivity index (χ0n) is 15.5. The number of hydrogen-bond donors (Lipinski definition) is 3. The molecule has 0 atom stereocenters. The number of aromatic carboxylic acids is 2. The number of aryl methyl sites for hydroxylation is 1. The number of rotatable bonds is 6. The minimum absolute atomic E-state index is 0.124. The predicted molar refractivity (Wildman–Crippen MR) is 103 cm³/mol. The maximum Gasteiger partial charge on any atom is 0.335 e. The summed E-state index contributed by atoms with van der Waals surface area (Å²) in [6.07, 6.45) is 2.82. The average Bonchev–Trinajstić information content (AvgIpc) is 3.30. The van der Waals surface area contributed by atoms with E-state index in [4.69, 9.17) is 4.42 Å². The third-order valence-electron chi connectivity index (χ3n) is 4.25. The summed E-state index contributed by atoms with van der Waals surface area (Å²) in [5, 5.41) is 22.5. The van der Waals surface area contributed by atoms with Crippen LogP contribution < -0.4 is 5.43 Å². The lowest BCUT2D eigenvalue weighted by Gasteiger charge is -2.12. The van der Waals surface area contributed by atoms with Crippen LogP contribution in [-0.2, 0) is 0 Å². The summed E-state index contributed by atoms with van der Waals surface area (Å²) in [5.74, 6) is -2.82. The summed E-state index contributed by atoms with van der Waals surface area (Å²) >= 11 is 0. The van der Waals surface area contributed by atoms with Crippen LogP contribution in [0.1, 0.15) is 48.2 Å². The van der Waals surface area contributed by atoms with Gasteiger partial charge in [-0.3, -0.25) is 4.79 Å². The minimum atomic E-state index is -1.22. The molecule has 0 saturated heterocycles. The fraction of sp³-hybridized carbons (Fsp3) is 0.100. The van der Waals surface area contributed by atoms with E-state index >= 15 is 0 Å². The van der Waals surface area contributed by atoms with Crippen molar-refractivity contribution in [3.05, 3.63) is 76.5 Å². The number of nitrogens with one attached hydrogen (secondary N) is 1. The molecule has 0 saturated carbocycles. The number of hydrogen-bond acceptors (Lipinski definition) is 5. The Labute approximate surface area is 164 Å². The fourth-order valence-corrected chi connectivity index (χ4v) is 2.93. The van der Waals surface area contributed by atoms with Gasteiger partial charge in [0.05, 0.1) is 23.6 Å². The number of benzene rings is 1. The standard InChI is InChI=1S/C20H17N3O6/c1-11-6-15(10-21-22-18(24)17-4-3-5-29-17)12(2)23(11)16-8-13(19(25)26)7-14(9-16)20(27)28/h3-10H,1-2H3,(H,22,24)(H,25,26)(H,27,28)/b21-10+. The van der Waals surface area contributed by atoms with Gasteiger partial charge in [0, 0.05) is 22.6 Å². The maximum absolute atomic E-state index is 11.8. The number of amides is 1. The highest BCUT2D eigenvalue weighted by atomic mass is 16.4. The fourth-order valence-electron chi connectivity index (χ4n) is 2.93. The Bertz CT molecular complexity index is 1090. The van der Waals surface area contributed by atoms with E-state index in [2.05, 4.69) is 10.5 Å². The van der Waals surface area contributed by atoms with Gasteiger partial charge in [-0.2, -0.15) is 5.10 Å². The van der Waals surface area contributed by atoms with Crippen molar-refractivity contribution in [3.63, 3.8) is 0 Å². The highest BCUT2D eigenvalue weighted by Crippen LogP contribution is 2.22. The summed E-state index contributed by atoms with van der Waals surface area (Å²) < 4.78 is 6.69. The van der Waals surface area contributed by atoms with Crippen molar-refractivity contribution < 1.29 is 29.0 Å². The van der Waals surface area contributed by atoms with Crippen LogP contribution in [0.5, 0.6) is 0 Å². The van der Waals surface area contributed by atoms with Gasteiger partial charge in [0.25, 0.3) is 0 Å². The van der Waals surface area contributed by atoms with Crippen LogP contribution in [0.25, 0.3) is 5.69 Å². The predicted octanol–water partition coefficient (Wildman–Crippen LogP) is 2.85. The highest BCUT2D eigenvalue weighted by molar-refractivity contribution is 5.95. The zero-order chi connectivity index (χ0) is 21.1. The molecule has 1 aromatic carbocycles. The molecule has 0 spiro atoms. The molecule has 0 bridgehead atoms. The molecule has 0 aliphatic rings. The molecule has 9 nitrogen and oxygen atoms in total. The third-order valence-corrected chi connectivity index (χ3v) is 4.25. The number of furan rings is 1. The minimum Gasteiger partial charge on any atom is -0.478 e. The lowest BCUT2D eigenvalue weighted by molar-refractivity contribution is 0.0696. The SMILES string of the molecule is Cc1cc(/C=N/NC(=O)c2ccco2)c(C)n1-c1cc(C(=O)O)cc(C(=O)O)c1. The van der Waals surface area contributed by atoms with Crippen molar-refractivity contribution in [2.75, 3.05) is 0 Å². The van der Waals surface area contributed by atoms with Crippen LogP contribution in [0.4, 0.5) is 0 Å². The Kier molecular flexibility index (Phi) is 5.31. The van der Waals surface area contributed by atoms with Crippen LogP contribution in [0.3, 0.4) is 0 Å². The second-order valence-corrected chi connectivity index (χ2v) is 6.22. The van der Waals surface area contributed by atoms with Crippen molar-refractivity contribution in [2.45, 2.75) is 13.8 Å². The van der Waals surface area contributed by atoms with E-state index in [1.54, 1.807) is 30.5 Å². The average molecular weight is 395 g/mol. The van der Waals surface area contributed by atoms with Crippen molar-refractivity contribution >= 4 is 24.1 Å². The monoisotopic (exact) mass is 395 g/mol. The molecule has 0 unspecified atom stereocenters. The molecular weight excluding hydrogens is 378 g/mol. The van der Waals surface area contributed by atoms with Gasteiger partial charge >= 0.3 is 17.8 Å². The molecule has 3 aromatic rings. The van der Waals surface area contributed by atoms with Crippen LogP contribution in [0.2, 0.25) is 0 Å². The van der Waals surface area contributed by atoms with Crippen LogP contribution in [0.15, 0.2) is 52.2 Å². The molecule has 0 fully saturated rings.